The first-order valence-electron chi connectivity index (χ1n) is 6.04. The molecule has 5 heteroatoms. The molecule has 1 saturated heterocycles. The van der Waals surface area contributed by atoms with Crippen molar-refractivity contribution in [3.8, 4) is 0 Å². The molecular formula is C11H20N4O. The fourth-order valence-electron chi connectivity index (χ4n) is 2.20. The minimum absolute atomic E-state index is 0.178. The van der Waals surface area contributed by atoms with E-state index >= 15 is 0 Å². The lowest BCUT2D eigenvalue weighted by atomic mass is 10.0. The molecule has 90 valence electrons. The number of aliphatic hydroxyl groups is 1. The van der Waals surface area contributed by atoms with Gasteiger partial charge in [0.05, 0.1) is 12.1 Å². The maximum absolute atomic E-state index is 9.59. The molecule has 1 aliphatic rings. The number of β-amino-alcohol motifs (C(OH)–C–C–N with tert-alkyl or cyclic N) is 1. The van der Waals surface area contributed by atoms with Gasteiger partial charge < -0.3 is 10.0 Å². The molecule has 0 spiro atoms. The number of hydrogen-bond acceptors (Lipinski definition) is 4. The lowest BCUT2D eigenvalue weighted by Gasteiger charge is -2.32. The van der Waals surface area contributed by atoms with Crippen LogP contribution in [0.5, 0.6) is 0 Å². The smallest absolute Gasteiger partial charge is 0.137 e. The van der Waals surface area contributed by atoms with Crippen LogP contribution in [0.25, 0.3) is 0 Å². The third-order valence-corrected chi connectivity index (χ3v) is 3.31. The van der Waals surface area contributed by atoms with Crippen molar-refractivity contribution < 1.29 is 5.11 Å². The van der Waals surface area contributed by atoms with E-state index in [1.807, 2.05) is 11.6 Å². The third kappa shape index (κ3) is 2.80. The molecule has 1 atom stereocenters. The van der Waals surface area contributed by atoms with E-state index in [1.54, 1.807) is 12.7 Å². The molecule has 0 saturated carbocycles. The highest BCUT2D eigenvalue weighted by atomic mass is 16.3. The maximum Gasteiger partial charge on any atom is 0.137 e. The highest BCUT2D eigenvalue weighted by Gasteiger charge is 2.21. The molecule has 1 N–H and O–H groups in total. The predicted molar refractivity (Wildman–Crippen MR) is 61.0 cm³/mol. The highest BCUT2D eigenvalue weighted by Crippen LogP contribution is 2.21. The number of hydrogen-bond donors (Lipinski definition) is 1. The second kappa shape index (κ2) is 5.41. The van der Waals surface area contributed by atoms with E-state index < -0.39 is 0 Å². The molecule has 5 nitrogen and oxygen atoms in total. The molecule has 1 fully saturated rings. The maximum atomic E-state index is 9.59. The van der Waals surface area contributed by atoms with Crippen LogP contribution in [0, 0.1) is 0 Å². The van der Waals surface area contributed by atoms with Gasteiger partial charge in [-0.25, -0.2) is 9.67 Å². The summed E-state index contributed by atoms with van der Waals surface area (Å²) in [6.45, 7) is 4.91. The van der Waals surface area contributed by atoms with Crippen LogP contribution >= 0.6 is 0 Å². The highest BCUT2D eigenvalue weighted by molar-refractivity contribution is 4.78. The van der Waals surface area contributed by atoms with Crippen molar-refractivity contribution in [3.05, 3.63) is 12.7 Å². The number of piperidine rings is 1. The van der Waals surface area contributed by atoms with Crippen LogP contribution in [0.1, 0.15) is 32.2 Å². The molecule has 2 rings (SSSR count). The monoisotopic (exact) mass is 224 g/mol. The van der Waals surface area contributed by atoms with Crippen LogP contribution in [0.2, 0.25) is 0 Å². The minimum atomic E-state index is -0.178. The Labute approximate surface area is 96.1 Å². The van der Waals surface area contributed by atoms with E-state index in [-0.39, 0.29) is 6.10 Å². The second-order valence-corrected chi connectivity index (χ2v) is 4.47. The van der Waals surface area contributed by atoms with Gasteiger partial charge in [0, 0.05) is 19.6 Å². The predicted octanol–water partition coefficient (Wildman–Crippen LogP) is 0.686. The zero-order valence-electron chi connectivity index (χ0n) is 9.79. The molecule has 1 aromatic rings. The van der Waals surface area contributed by atoms with Gasteiger partial charge in [-0.15, -0.1) is 0 Å². The molecular weight excluding hydrogens is 204 g/mol. The Hall–Kier alpha value is -0.940. The Morgan fingerprint density at radius 1 is 1.44 bits per heavy atom. The molecule has 16 heavy (non-hydrogen) atoms. The van der Waals surface area contributed by atoms with Crippen LogP contribution in [-0.2, 0) is 0 Å². The summed E-state index contributed by atoms with van der Waals surface area (Å²) in [4.78, 5) is 6.31. The Balaban J connectivity index is 1.78. The van der Waals surface area contributed by atoms with Crippen LogP contribution in [0.3, 0.4) is 0 Å². The lowest BCUT2D eigenvalue weighted by Crippen LogP contribution is -2.39. The summed E-state index contributed by atoms with van der Waals surface area (Å²) in [5.74, 6) is 0. The summed E-state index contributed by atoms with van der Waals surface area (Å²) < 4.78 is 1.95. The second-order valence-electron chi connectivity index (χ2n) is 4.47. The first-order valence-corrected chi connectivity index (χ1v) is 6.04. The number of likely N-dealkylation sites (tertiary alicyclic amines) is 1. The Kier molecular flexibility index (Phi) is 3.90. The van der Waals surface area contributed by atoms with E-state index in [4.69, 9.17) is 0 Å². The largest absolute Gasteiger partial charge is 0.392 e. The molecule has 0 radical (unpaired) electrons. The first-order chi connectivity index (χ1) is 7.79. The quantitative estimate of drug-likeness (QED) is 0.817. The van der Waals surface area contributed by atoms with Crippen LogP contribution in [0.4, 0.5) is 0 Å². The Morgan fingerprint density at radius 2 is 2.19 bits per heavy atom. The van der Waals surface area contributed by atoms with E-state index in [2.05, 4.69) is 15.0 Å². The number of nitrogens with zero attached hydrogens (tertiary/aromatic N) is 4. The Bertz CT molecular complexity index is 293. The van der Waals surface area contributed by atoms with Gasteiger partial charge in [0.1, 0.15) is 12.7 Å². The zero-order chi connectivity index (χ0) is 11.4. The van der Waals surface area contributed by atoms with Gasteiger partial charge in [-0.3, -0.25) is 0 Å². The van der Waals surface area contributed by atoms with Gasteiger partial charge in [-0.05, 0) is 19.3 Å². The average molecular weight is 224 g/mol. The topological polar surface area (TPSA) is 54.2 Å². The molecule has 1 aliphatic heterocycles. The van der Waals surface area contributed by atoms with Crippen molar-refractivity contribution in [1.82, 2.24) is 19.7 Å². The number of aliphatic hydroxyl groups excluding tert-OH is 1. The van der Waals surface area contributed by atoms with Crippen molar-refractivity contribution in [3.63, 3.8) is 0 Å². The van der Waals surface area contributed by atoms with E-state index in [0.717, 1.165) is 38.9 Å². The standard InChI is InChI=1S/C11H20N4O/c1-2-11(16)7-14-5-3-10(4-6-14)15-9-12-8-13-15/h8-11,16H,2-7H2,1H3. The van der Waals surface area contributed by atoms with E-state index in [1.165, 1.54) is 0 Å². The van der Waals surface area contributed by atoms with Gasteiger partial charge in [0.15, 0.2) is 0 Å². The van der Waals surface area contributed by atoms with Gasteiger partial charge in [0.25, 0.3) is 0 Å². The lowest BCUT2D eigenvalue weighted by molar-refractivity contribution is 0.0866. The SMILES string of the molecule is CCC(O)CN1CCC(n2cncn2)CC1. The van der Waals surface area contributed by atoms with Gasteiger partial charge in [-0.2, -0.15) is 5.10 Å². The van der Waals surface area contributed by atoms with Crippen molar-refractivity contribution in [2.45, 2.75) is 38.3 Å². The van der Waals surface area contributed by atoms with Crippen molar-refractivity contribution >= 4 is 0 Å². The van der Waals surface area contributed by atoms with E-state index in [9.17, 15) is 5.11 Å². The summed E-state index contributed by atoms with van der Waals surface area (Å²) in [5, 5.41) is 13.8. The Morgan fingerprint density at radius 3 is 2.75 bits per heavy atom. The van der Waals surface area contributed by atoms with Crippen LogP contribution in [-0.4, -0.2) is 50.5 Å². The molecule has 1 aromatic heterocycles. The molecule has 0 bridgehead atoms. The summed E-state index contributed by atoms with van der Waals surface area (Å²) >= 11 is 0. The fourth-order valence-corrected chi connectivity index (χ4v) is 2.20. The number of aromatic nitrogens is 3. The molecule has 0 amide bonds. The summed E-state index contributed by atoms with van der Waals surface area (Å²) in [6, 6.07) is 0.484. The molecule has 0 aromatic carbocycles. The van der Waals surface area contributed by atoms with Crippen LogP contribution < -0.4 is 0 Å². The summed E-state index contributed by atoms with van der Waals surface area (Å²) in [7, 11) is 0. The number of rotatable bonds is 4. The van der Waals surface area contributed by atoms with Crippen LogP contribution in [0.15, 0.2) is 12.7 Å². The average Bonchev–Trinajstić information content (AvgIpc) is 2.83. The molecule has 0 aliphatic carbocycles. The van der Waals surface area contributed by atoms with Crippen molar-refractivity contribution in [2.24, 2.45) is 0 Å². The first kappa shape index (κ1) is 11.5. The summed E-state index contributed by atoms with van der Waals surface area (Å²) in [6.07, 6.45) is 6.24. The van der Waals surface area contributed by atoms with Gasteiger partial charge in [-0.1, -0.05) is 6.92 Å². The molecule has 1 unspecified atom stereocenters. The normalized spacial score (nSPS) is 21.1. The summed E-state index contributed by atoms with van der Waals surface area (Å²) in [5.41, 5.74) is 0. The van der Waals surface area contributed by atoms with Crippen molar-refractivity contribution in [1.29, 1.82) is 0 Å². The van der Waals surface area contributed by atoms with Crippen molar-refractivity contribution in [2.75, 3.05) is 19.6 Å². The third-order valence-electron chi connectivity index (χ3n) is 3.31. The van der Waals surface area contributed by atoms with Gasteiger partial charge in [0.2, 0.25) is 0 Å². The molecule has 2 heterocycles. The fraction of sp³-hybridized carbons (Fsp3) is 0.818. The van der Waals surface area contributed by atoms with E-state index in [0.29, 0.717) is 6.04 Å². The minimum Gasteiger partial charge on any atom is -0.392 e. The van der Waals surface area contributed by atoms with Gasteiger partial charge >= 0.3 is 0 Å². The zero-order valence-corrected chi connectivity index (χ0v) is 9.79.